The molecule has 2 aliphatic heterocycles. The molecule has 0 spiro atoms. The lowest BCUT2D eigenvalue weighted by Crippen LogP contribution is -2.03. The minimum Gasteiger partial charge on any atom is -0.491 e. The molecular weight excluding hydrogens is 400 g/mol. The van der Waals surface area contributed by atoms with Crippen LogP contribution in [0.25, 0.3) is 0 Å². The fourth-order valence-corrected chi connectivity index (χ4v) is 2.75. The third kappa shape index (κ3) is 5.62. The number of aryl methyl sites for hydroxylation is 1. The van der Waals surface area contributed by atoms with E-state index >= 15 is 0 Å². The van der Waals surface area contributed by atoms with Crippen molar-refractivity contribution in [3.63, 3.8) is 0 Å². The zero-order valence-electron chi connectivity index (χ0n) is 17.0. The monoisotopic (exact) mass is 422 g/mol. The Balaban J connectivity index is 1.16. The molecule has 0 radical (unpaired) electrons. The molecule has 2 aliphatic rings. The number of epoxide rings is 2. The Morgan fingerprint density at radius 3 is 1.71 bits per heavy atom. The topological polar surface area (TPSA) is 87.8 Å². The van der Waals surface area contributed by atoms with Crippen LogP contribution in [0.5, 0.6) is 34.8 Å². The number of nitrogens with zero attached hydrogens (tertiary/aromatic N) is 2. The van der Waals surface area contributed by atoms with Crippen LogP contribution >= 0.6 is 0 Å². The predicted octanol–water partition coefficient (Wildman–Crippen LogP) is 3.92. The lowest BCUT2D eigenvalue weighted by atomic mass is 10.3. The van der Waals surface area contributed by atoms with E-state index in [1.165, 1.54) is 0 Å². The van der Waals surface area contributed by atoms with Crippen LogP contribution in [0.2, 0.25) is 0 Å². The molecule has 0 N–H and O–H groups in total. The molecule has 160 valence electrons. The Bertz CT molecular complexity index is 1020. The minimum absolute atomic E-state index is 0.225. The number of hydrogen-bond acceptors (Lipinski definition) is 8. The molecule has 1 aromatic heterocycles. The van der Waals surface area contributed by atoms with Gasteiger partial charge in [-0.1, -0.05) is 0 Å². The fourth-order valence-electron chi connectivity index (χ4n) is 2.75. The van der Waals surface area contributed by atoms with Crippen molar-refractivity contribution in [1.82, 2.24) is 10.2 Å². The summed E-state index contributed by atoms with van der Waals surface area (Å²) in [5.74, 6) is 3.63. The SMILES string of the molecule is Cc1cc(Oc2ccc(OCC3CO3)cc2)nnc1Oc1ccc(OCC2CO2)cc1. The number of rotatable bonds is 10. The molecular formula is C23H22N2O6. The summed E-state index contributed by atoms with van der Waals surface area (Å²) in [7, 11) is 0. The summed E-state index contributed by atoms with van der Waals surface area (Å²) in [5.41, 5.74) is 0.806. The molecule has 0 saturated carbocycles. The van der Waals surface area contributed by atoms with Gasteiger partial charge < -0.3 is 28.4 Å². The second-order valence-corrected chi connectivity index (χ2v) is 7.35. The van der Waals surface area contributed by atoms with Crippen LogP contribution in [0.1, 0.15) is 5.56 Å². The van der Waals surface area contributed by atoms with Gasteiger partial charge in [0.2, 0.25) is 11.8 Å². The van der Waals surface area contributed by atoms with Crippen LogP contribution in [-0.2, 0) is 9.47 Å². The van der Waals surface area contributed by atoms with E-state index in [4.69, 9.17) is 28.4 Å². The summed E-state index contributed by atoms with van der Waals surface area (Å²) in [4.78, 5) is 0. The van der Waals surface area contributed by atoms with Crippen LogP contribution in [0.15, 0.2) is 54.6 Å². The highest BCUT2D eigenvalue weighted by Crippen LogP contribution is 2.28. The van der Waals surface area contributed by atoms with Gasteiger partial charge in [0.1, 0.15) is 48.4 Å². The van der Waals surface area contributed by atoms with Gasteiger partial charge in [-0.25, -0.2) is 0 Å². The first-order valence-electron chi connectivity index (χ1n) is 10.1. The highest BCUT2D eigenvalue weighted by Gasteiger charge is 2.23. The van der Waals surface area contributed by atoms with Gasteiger partial charge in [-0.2, -0.15) is 0 Å². The normalized spacial score (nSPS) is 18.9. The Morgan fingerprint density at radius 1 is 0.742 bits per heavy atom. The Labute approximate surface area is 179 Å². The average Bonchev–Trinajstić information content (AvgIpc) is 3.70. The van der Waals surface area contributed by atoms with Crippen LogP contribution in [0.4, 0.5) is 0 Å². The van der Waals surface area contributed by atoms with Gasteiger partial charge in [0.25, 0.3) is 0 Å². The lowest BCUT2D eigenvalue weighted by molar-refractivity contribution is 0.263. The van der Waals surface area contributed by atoms with E-state index in [1.807, 2.05) is 55.5 Å². The second kappa shape index (κ2) is 8.79. The molecule has 31 heavy (non-hydrogen) atoms. The summed E-state index contributed by atoms with van der Waals surface area (Å²) < 4.78 is 33.1. The smallest absolute Gasteiger partial charge is 0.242 e. The third-order valence-corrected chi connectivity index (χ3v) is 4.68. The molecule has 0 bridgehead atoms. The molecule has 2 atom stereocenters. The maximum absolute atomic E-state index is 5.84. The average molecular weight is 422 g/mol. The molecule has 8 heteroatoms. The molecule has 8 nitrogen and oxygen atoms in total. The lowest BCUT2D eigenvalue weighted by Gasteiger charge is -2.10. The largest absolute Gasteiger partial charge is 0.491 e. The van der Waals surface area contributed by atoms with Crippen LogP contribution < -0.4 is 18.9 Å². The maximum Gasteiger partial charge on any atom is 0.242 e. The van der Waals surface area contributed by atoms with E-state index in [2.05, 4.69) is 10.2 Å². The van der Waals surface area contributed by atoms with Crippen molar-refractivity contribution in [1.29, 1.82) is 0 Å². The molecule has 5 rings (SSSR count). The summed E-state index contributed by atoms with van der Waals surface area (Å²) >= 11 is 0. The number of aromatic nitrogens is 2. The standard InChI is InChI=1S/C23H22N2O6/c1-15-10-22(30-18-6-2-16(3-7-18)26-11-20-13-28-20)24-25-23(15)31-19-8-4-17(5-9-19)27-12-21-14-29-21/h2-10,20-21H,11-14H2,1H3. The first-order valence-corrected chi connectivity index (χ1v) is 10.1. The number of hydrogen-bond donors (Lipinski definition) is 0. The van der Waals surface area contributed by atoms with E-state index in [9.17, 15) is 0 Å². The molecule has 3 aromatic rings. The summed E-state index contributed by atoms with van der Waals surface area (Å²) in [6.45, 7) is 4.57. The van der Waals surface area contributed by atoms with Crippen molar-refractivity contribution in [3.05, 3.63) is 60.2 Å². The van der Waals surface area contributed by atoms with Gasteiger partial charge >= 0.3 is 0 Å². The first kappa shape index (κ1) is 19.6. The van der Waals surface area contributed by atoms with Gasteiger partial charge in [0.05, 0.1) is 13.2 Å². The second-order valence-electron chi connectivity index (χ2n) is 7.35. The van der Waals surface area contributed by atoms with Gasteiger partial charge in [-0.3, -0.25) is 0 Å². The van der Waals surface area contributed by atoms with E-state index in [0.717, 1.165) is 30.3 Å². The van der Waals surface area contributed by atoms with Gasteiger partial charge in [0.15, 0.2) is 0 Å². The Morgan fingerprint density at radius 2 is 1.23 bits per heavy atom. The fraction of sp³-hybridized carbons (Fsp3) is 0.304. The molecule has 0 aliphatic carbocycles. The first-order chi connectivity index (χ1) is 15.2. The van der Waals surface area contributed by atoms with Crippen molar-refractivity contribution < 1.29 is 28.4 Å². The van der Waals surface area contributed by atoms with Crippen molar-refractivity contribution in [3.8, 4) is 34.8 Å². The molecule has 0 amide bonds. The van der Waals surface area contributed by atoms with E-state index < -0.39 is 0 Å². The van der Waals surface area contributed by atoms with Crippen LogP contribution in [-0.4, -0.2) is 48.8 Å². The Kier molecular flexibility index (Phi) is 5.56. The predicted molar refractivity (Wildman–Crippen MR) is 110 cm³/mol. The molecule has 3 heterocycles. The van der Waals surface area contributed by atoms with Crippen LogP contribution in [0.3, 0.4) is 0 Å². The molecule has 2 fully saturated rings. The summed E-state index contributed by atoms with van der Waals surface area (Å²) in [6, 6.07) is 16.5. The van der Waals surface area contributed by atoms with Gasteiger partial charge in [-0.15, -0.1) is 10.2 Å². The zero-order chi connectivity index (χ0) is 21.0. The van der Waals surface area contributed by atoms with E-state index in [-0.39, 0.29) is 12.2 Å². The highest BCUT2D eigenvalue weighted by molar-refractivity contribution is 5.38. The maximum atomic E-state index is 5.84. The Hall–Kier alpha value is -3.36. The third-order valence-electron chi connectivity index (χ3n) is 4.68. The van der Waals surface area contributed by atoms with Crippen LogP contribution in [0, 0.1) is 6.92 Å². The van der Waals surface area contributed by atoms with Gasteiger partial charge in [-0.05, 0) is 55.5 Å². The van der Waals surface area contributed by atoms with Crippen molar-refractivity contribution >= 4 is 0 Å². The number of benzene rings is 2. The quantitative estimate of drug-likeness (QED) is 0.454. The molecule has 2 saturated heterocycles. The highest BCUT2D eigenvalue weighted by atomic mass is 16.6. The van der Waals surface area contributed by atoms with Crippen molar-refractivity contribution in [2.24, 2.45) is 0 Å². The number of ether oxygens (including phenoxy) is 6. The summed E-state index contributed by atoms with van der Waals surface area (Å²) in [5, 5.41) is 8.26. The minimum atomic E-state index is 0.225. The molecule has 2 unspecified atom stereocenters. The van der Waals surface area contributed by atoms with Crippen molar-refractivity contribution in [2.45, 2.75) is 19.1 Å². The van der Waals surface area contributed by atoms with Crippen molar-refractivity contribution in [2.75, 3.05) is 26.4 Å². The van der Waals surface area contributed by atoms with E-state index in [1.54, 1.807) is 6.07 Å². The van der Waals surface area contributed by atoms with Gasteiger partial charge in [0, 0.05) is 11.6 Å². The van der Waals surface area contributed by atoms with E-state index in [0.29, 0.717) is 36.5 Å². The summed E-state index contributed by atoms with van der Waals surface area (Å²) in [6.07, 6.45) is 0.451. The zero-order valence-corrected chi connectivity index (χ0v) is 17.0. The molecule has 2 aromatic carbocycles.